The maximum atomic E-state index is 10.2. The number of thiophene rings is 1. The summed E-state index contributed by atoms with van der Waals surface area (Å²) in [5, 5.41) is 12.2. The molecule has 0 saturated heterocycles. The minimum Gasteiger partial charge on any atom is -0.495 e. The zero-order valence-electron chi connectivity index (χ0n) is 10.5. The van der Waals surface area contributed by atoms with E-state index >= 15 is 0 Å². The first-order valence-electron chi connectivity index (χ1n) is 6.60. The van der Waals surface area contributed by atoms with Gasteiger partial charge in [0.05, 0.1) is 18.1 Å². The summed E-state index contributed by atoms with van der Waals surface area (Å²) in [5.74, 6) is 1.68. The second-order valence-electron chi connectivity index (χ2n) is 4.95. The van der Waals surface area contributed by atoms with Crippen LogP contribution in [0.4, 0.5) is 0 Å². The molecule has 0 aliphatic heterocycles. The second-order valence-corrected chi connectivity index (χ2v) is 5.90. The van der Waals surface area contributed by atoms with Crippen molar-refractivity contribution < 1.29 is 9.84 Å². The van der Waals surface area contributed by atoms with Crippen LogP contribution in [0.1, 0.15) is 55.9 Å². The molecule has 1 unspecified atom stereocenters. The fourth-order valence-electron chi connectivity index (χ4n) is 2.72. The quantitative estimate of drug-likeness (QED) is 0.855. The summed E-state index contributed by atoms with van der Waals surface area (Å²) in [6.07, 6.45) is 8.56. The normalized spacial score (nSPS) is 19.2. The molecule has 1 aliphatic carbocycles. The molecular weight excluding hydrogens is 232 g/mol. The first kappa shape index (κ1) is 12.9. The zero-order valence-corrected chi connectivity index (χ0v) is 11.3. The largest absolute Gasteiger partial charge is 0.495 e. The van der Waals surface area contributed by atoms with Gasteiger partial charge in [0.15, 0.2) is 0 Å². The number of rotatable bonds is 5. The Kier molecular flexibility index (Phi) is 4.86. The van der Waals surface area contributed by atoms with Crippen LogP contribution in [0.3, 0.4) is 0 Å². The van der Waals surface area contributed by atoms with Crippen molar-refractivity contribution in [3.05, 3.63) is 16.3 Å². The van der Waals surface area contributed by atoms with E-state index in [0.717, 1.165) is 29.4 Å². The van der Waals surface area contributed by atoms with E-state index in [9.17, 15) is 5.11 Å². The van der Waals surface area contributed by atoms with Gasteiger partial charge in [-0.05, 0) is 30.2 Å². The van der Waals surface area contributed by atoms with Gasteiger partial charge >= 0.3 is 0 Å². The molecule has 1 fully saturated rings. The van der Waals surface area contributed by atoms with Crippen molar-refractivity contribution >= 4 is 11.3 Å². The molecule has 1 saturated carbocycles. The minimum absolute atomic E-state index is 0.341. The van der Waals surface area contributed by atoms with E-state index < -0.39 is 0 Å². The smallest absolute Gasteiger partial charge is 0.135 e. The summed E-state index contributed by atoms with van der Waals surface area (Å²) in [4.78, 5) is 0.989. The lowest BCUT2D eigenvalue weighted by Crippen LogP contribution is -2.08. The van der Waals surface area contributed by atoms with E-state index in [1.165, 1.54) is 32.1 Å². The predicted octanol–water partition coefficient (Wildman–Crippen LogP) is 4.15. The Labute approximate surface area is 108 Å². The summed E-state index contributed by atoms with van der Waals surface area (Å²) >= 11 is 1.59. The molecule has 1 N–H and O–H groups in total. The highest BCUT2D eigenvalue weighted by molar-refractivity contribution is 7.10. The van der Waals surface area contributed by atoms with Gasteiger partial charge in [-0.1, -0.05) is 32.1 Å². The summed E-state index contributed by atoms with van der Waals surface area (Å²) in [6.45, 7) is 0. The Bertz CT molecular complexity index is 329. The Morgan fingerprint density at radius 2 is 2.18 bits per heavy atom. The van der Waals surface area contributed by atoms with E-state index in [1.54, 1.807) is 18.4 Å². The molecule has 1 aromatic rings. The number of methoxy groups -OCH3 is 1. The molecule has 0 amide bonds. The molecule has 0 spiro atoms. The van der Waals surface area contributed by atoms with Gasteiger partial charge in [0.2, 0.25) is 0 Å². The summed E-state index contributed by atoms with van der Waals surface area (Å²) in [7, 11) is 1.67. The average molecular weight is 254 g/mol. The highest BCUT2D eigenvalue weighted by Gasteiger charge is 2.18. The van der Waals surface area contributed by atoms with Gasteiger partial charge in [0.25, 0.3) is 0 Å². The van der Waals surface area contributed by atoms with Crippen LogP contribution < -0.4 is 4.74 Å². The second kappa shape index (κ2) is 6.41. The van der Waals surface area contributed by atoms with Crippen molar-refractivity contribution in [3.63, 3.8) is 0 Å². The molecule has 1 atom stereocenters. The Morgan fingerprint density at radius 1 is 1.41 bits per heavy atom. The molecule has 1 heterocycles. The highest BCUT2D eigenvalue weighted by atomic mass is 32.1. The van der Waals surface area contributed by atoms with Crippen molar-refractivity contribution in [2.24, 2.45) is 5.92 Å². The number of hydrogen-bond acceptors (Lipinski definition) is 3. The van der Waals surface area contributed by atoms with Crippen molar-refractivity contribution in [3.8, 4) is 5.75 Å². The molecule has 0 radical (unpaired) electrons. The fraction of sp³-hybridized carbons (Fsp3) is 0.714. The van der Waals surface area contributed by atoms with E-state index in [0.29, 0.717) is 0 Å². The van der Waals surface area contributed by atoms with E-state index in [-0.39, 0.29) is 6.10 Å². The van der Waals surface area contributed by atoms with Gasteiger partial charge in [-0.2, -0.15) is 0 Å². The van der Waals surface area contributed by atoms with Gasteiger partial charge in [0.1, 0.15) is 5.75 Å². The Balaban J connectivity index is 1.82. The zero-order chi connectivity index (χ0) is 12.1. The van der Waals surface area contributed by atoms with Crippen LogP contribution in [0.2, 0.25) is 0 Å². The lowest BCUT2D eigenvalue weighted by atomic mass is 9.85. The van der Waals surface area contributed by atoms with E-state index in [1.807, 2.05) is 11.4 Å². The van der Waals surface area contributed by atoms with Crippen LogP contribution in [-0.2, 0) is 0 Å². The molecular formula is C14H22O2S. The predicted molar refractivity (Wildman–Crippen MR) is 71.6 cm³/mol. The van der Waals surface area contributed by atoms with Crippen LogP contribution in [0.15, 0.2) is 11.4 Å². The molecule has 96 valence electrons. The highest BCUT2D eigenvalue weighted by Crippen LogP contribution is 2.35. The van der Waals surface area contributed by atoms with E-state index in [2.05, 4.69) is 0 Å². The Hall–Kier alpha value is -0.540. The van der Waals surface area contributed by atoms with Crippen LogP contribution in [0.25, 0.3) is 0 Å². The lowest BCUT2D eigenvalue weighted by Gasteiger charge is -2.22. The minimum atomic E-state index is -0.341. The van der Waals surface area contributed by atoms with Crippen LogP contribution in [0, 0.1) is 5.92 Å². The third-order valence-corrected chi connectivity index (χ3v) is 4.75. The molecule has 1 aliphatic rings. The van der Waals surface area contributed by atoms with Crippen LogP contribution >= 0.6 is 11.3 Å². The maximum Gasteiger partial charge on any atom is 0.135 e. The van der Waals surface area contributed by atoms with Crippen molar-refractivity contribution in [2.75, 3.05) is 7.11 Å². The molecule has 17 heavy (non-hydrogen) atoms. The van der Waals surface area contributed by atoms with Gasteiger partial charge in [0, 0.05) is 0 Å². The van der Waals surface area contributed by atoms with Gasteiger partial charge in [-0.3, -0.25) is 0 Å². The first-order chi connectivity index (χ1) is 8.31. The molecule has 2 rings (SSSR count). The molecule has 3 heteroatoms. The van der Waals surface area contributed by atoms with Crippen molar-refractivity contribution in [2.45, 2.75) is 51.0 Å². The summed E-state index contributed by atoms with van der Waals surface area (Å²) < 4.78 is 5.25. The first-order valence-corrected chi connectivity index (χ1v) is 7.48. The standard InChI is InChI=1S/C14H22O2S/c1-16-13-9-10-17-14(13)12(15)8-7-11-5-3-2-4-6-11/h9-12,15H,2-8H2,1H3. The Morgan fingerprint density at radius 3 is 2.88 bits per heavy atom. The summed E-state index contributed by atoms with van der Waals surface area (Å²) in [5.41, 5.74) is 0. The SMILES string of the molecule is COc1ccsc1C(O)CCC1CCCCC1. The fourth-order valence-corrected chi connectivity index (χ4v) is 3.60. The molecule has 1 aromatic heterocycles. The number of ether oxygens (including phenoxy) is 1. The number of aliphatic hydroxyl groups excluding tert-OH is 1. The monoisotopic (exact) mass is 254 g/mol. The molecule has 0 bridgehead atoms. The third kappa shape index (κ3) is 3.46. The van der Waals surface area contributed by atoms with Gasteiger partial charge < -0.3 is 9.84 Å². The van der Waals surface area contributed by atoms with Gasteiger partial charge in [-0.15, -0.1) is 11.3 Å². The topological polar surface area (TPSA) is 29.5 Å². The van der Waals surface area contributed by atoms with Crippen LogP contribution in [0.5, 0.6) is 5.75 Å². The third-order valence-electron chi connectivity index (χ3n) is 3.75. The van der Waals surface area contributed by atoms with Crippen LogP contribution in [-0.4, -0.2) is 12.2 Å². The molecule has 0 aromatic carbocycles. The lowest BCUT2D eigenvalue weighted by molar-refractivity contribution is 0.151. The van der Waals surface area contributed by atoms with E-state index in [4.69, 9.17) is 4.74 Å². The number of aliphatic hydroxyl groups is 1. The van der Waals surface area contributed by atoms with Gasteiger partial charge in [-0.25, -0.2) is 0 Å². The molecule has 2 nitrogen and oxygen atoms in total. The maximum absolute atomic E-state index is 10.2. The number of hydrogen-bond donors (Lipinski definition) is 1. The average Bonchev–Trinajstić information content (AvgIpc) is 2.85. The van der Waals surface area contributed by atoms with Crippen molar-refractivity contribution in [1.82, 2.24) is 0 Å². The summed E-state index contributed by atoms with van der Waals surface area (Å²) in [6, 6.07) is 1.93. The van der Waals surface area contributed by atoms with Crippen molar-refractivity contribution in [1.29, 1.82) is 0 Å².